The average molecular weight is 532 g/mol. The molecule has 3 heterocycles. The Labute approximate surface area is 200 Å². The van der Waals surface area contributed by atoms with Crippen molar-refractivity contribution in [2.24, 2.45) is 16.8 Å². The summed E-state index contributed by atoms with van der Waals surface area (Å²) in [4.78, 5) is 10.1. The Morgan fingerprint density at radius 3 is 2.67 bits per heavy atom. The molecular weight excluding hydrogens is 489 g/mol. The van der Waals surface area contributed by atoms with E-state index < -0.39 is 0 Å². The highest BCUT2D eigenvalue weighted by molar-refractivity contribution is 14.0. The molecule has 2 fully saturated rings. The van der Waals surface area contributed by atoms with Gasteiger partial charge in [0.1, 0.15) is 5.76 Å². The second-order valence-electron chi connectivity index (χ2n) is 9.04. The van der Waals surface area contributed by atoms with Crippen LogP contribution in [0.4, 0.5) is 0 Å². The summed E-state index contributed by atoms with van der Waals surface area (Å²) >= 11 is 0. The van der Waals surface area contributed by atoms with Crippen LogP contribution in [0.1, 0.15) is 58.3 Å². The van der Waals surface area contributed by atoms with Crippen molar-refractivity contribution in [3.05, 3.63) is 24.2 Å². The van der Waals surface area contributed by atoms with E-state index in [9.17, 15) is 0 Å². The summed E-state index contributed by atoms with van der Waals surface area (Å²) in [6, 6.07) is 4.31. The zero-order valence-corrected chi connectivity index (χ0v) is 21.4. The van der Waals surface area contributed by atoms with E-state index >= 15 is 0 Å². The number of nitrogens with one attached hydrogen (secondary N) is 2. The summed E-state index contributed by atoms with van der Waals surface area (Å²) in [5.41, 5.74) is 0. The summed E-state index contributed by atoms with van der Waals surface area (Å²) in [5.74, 6) is 3.41. The Kier molecular flexibility index (Phi) is 11.5. The van der Waals surface area contributed by atoms with Gasteiger partial charge in [-0.2, -0.15) is 0 Å². The molecule has 0 aliphatic carbocycles. The minimum absolute atomic E-state index is 0. The first-order valence-electron chi connectivity index (χ1n) is 11.7. The molecule has 2 atom stereocenters. The first-order chi connectivity index (χ1) is 14.2. The molecule has 0 radical (unpaired) electrons. The summed E-state index contributed by atoms with van der Waals surface area (Å²) in [6.45, 7) is 15.3. The number of hydrogen-bond acceptors (Lipinski definition) is 4. The number of likely N-dealkylation sites (tertiary alicyclic amines) is 2. The van der Waals surface area contributed by atoms with Crippen molar-refractivity contribution in [2.75, 3.05) is 52.4 Å². The van der Waals surface area contributed by atoms with Gasteiger partial charge in [0, 0.05) is 26.2 Å². The largest absolute Gasteiger partial charge is 0.468 e. The summed E-state index contributed by atoms with van der Waals surface area (Å²) in [7, 11) is 0. The van der Waals surface area contributed by atoms with Crippen LogP contribution in [-0.4, -0.2) is 68.1 Å². The van der Waals surface area contributed by atoms with Crippen molar-refractivity contribution in [1.82, 2.24) is 20.4 Å². The number of furan rings is 1. The molecule has 2 aliphatic heterocycles. The highest BCUT2D eigenvalue weighted by Gasteiger charge is 2.25. The second-order valence-corrected chi connectivity index (χ2v) is 9.04. The Balaban J connectivity index is 0.00000320. The molecule has 0 amide bonds. The smallest absolute Gasteiger partial charge is 0.191 e. The van der Waals surface area contributed by atoms with Crippen LogP contribution in [0.25, 0.3) is 0 Å². The van der Waals surface area contributed by atoms with E-state index in [-0.39, 0.29) is 30.0 Å². The van der Waals surface area contributed by atoms with Crippen LogP contribution in [0.5, 0.6) is 0 Å². The van der Waals surface area contributed by atoms with Gasteiger partial charge >= 0.3 is 0 Å². The highest BCUT2D eigenvalue weighted by Crippen LogP contribution is 2.25. The standard InChI is InChI=1S/C23H41N5O.HI/c1-4-24-23(25-15-20-9-7-11-27(18-20)17-19(2)3)26-16-21(22-10-8-14-29-22)28-12-5-6-13-28;/h8,10,14,19-21H,4-7,9,11-13,15-18H2,1-3H3,(H2,24,25,26);1H. The van der Waals surface area contributed by atoms with E-state index in [1.54, 1.807) is 6.26 Å². The van der Waals surface area contributed by atoms with Crippen LogP contribution in [0.2, 0.25) is 0 Å². The third-order valence-corrected chi connectivity index (χ3v) is 6.00. The van der Waals surface area contributed by atoms with Crippen LogP contribution >= 0.6 is 24.0 Å². The SMILES string of the molecule is CCNC(=NCC(c1ccco1)N1CCCC1)NCC1CCCN(CC(C)C)C1.I. The molecule has 6 nitrogen and oxygen atoms in total. The Morgan fingerprint density at radius 1 is 1.20 bits per heavy atom. The number of nitrogens with zero attached hydrogens (tertiary/aromatic N) is 3. The molecule has 0 aromatic carbocycles. The highest BCUT2D eigenvalue weighted by atomic mass is 127. The third-order valence-electron chi connectivity index (χ3n) is 6.00. The molecule has 1 aromatic rings. The van der Waals surface area contributed by atoms with Gasteiger partial charge in [-0.05, 0) is 76.2 Å². The number of hydrogen-bond donors (Lipinski definition) is 2. The maximum Gasteiger partial charge on any atom is 0.191 e. The molecule has 30 heavy (non-hydrogen) atoms. The van der Waals surface area contributed by atoms with Crippen molar-refractivity contribution in [3.63, 3.8) is 0 Å². The molecule has 2 aliphatic rings. The monoisotopic (exact) mass is 531 g/mol. The maximum atomic E-state index is 5.74. The van der Waals surface area contributed by atoms with Crippen molar-refractivity contribution in [1.29, 1.82) is 0 Å². The van der Waals surface area contributed by atoms with E-state index in [1.165, 1.54) is 45.3 Å². The molecule has 172 valence electrons. The lowest BCUT2D eigenvalue weighted by molar-refractivity contribution is 0.159. The topological polar surface area (TPSA) is 56.0 Å². The minimum atomic E-state index is 0. The van der Waals surface area contributed by atoms with E-state index in [2.05, 4.69) is 47.3 Å². The zero-order valence-electron chi connectivity index (χ0n) is 19.1. The molecule has 2 saturated heterocycles. The molecule has 0 saturated carbocycles. The van der Waals surface area contributed by atoms with E-state index in [0.717, 1.165) is 50.4 Å². The van der Waals surface area contributed by atoms with Gasteiger partial charge in [-0.3, -0.25) is 9.89 Å². The van der Waals surface area contributed by atoms with Crippen LogP contribution in [-0.2, 0) is 0 Å². The van der Waals surface area contributed by atoms with E-state index in [1.807, 2.05) is 6.07 Å². The van der Waals surface area contributed by atoms with Crippen molar-refractivity contribution < 1.29 is 4.42 Å². The van der Waals surface area contributed by atoms with E-state index in [4.69, 9.17) is 9.41 Å². The fraction of sp³-hybridized carbons (Fsp3) is 0.783. The summed E-state index contributed by atoms with van der Waals surface area (Å²) in [5, 5.41) is 7.05. The maximum absolute atomic E-state index is 5.74. The minimum Gasteiger partial charge on any atom is -0.468 e. The number of aliphatic imine (C=N–C) groups is 1. The van der Waals surface area contributed by atoms with Crippen molar-refractivity contribution in [2.45, 2.75) is 52.5 Å². The molecule has 0 spiro atoms. The molecule has 7 heteroatoms. The quantitative estimate of drug-likeness (QED) is 0.287. The van der Waals surface area contributed by atoms with Crippen LogP contribution in [0.3, 0.4) is 0 Å². The first kappa shape index (κ1) is 25.5. The summed E-state index contributed by atoms with van der Waals surface area (Å²) in [6.07, 6.45) is 6.94. The Morgan fingerprint density at radius 2 is 2.00 bits per heavy atom. The molecule has 1 aromatic heterocycles. The van der Waals surface area contributed by atoms with Crippen LogP contribution < -0.4 is 10.6 Å². The average Bonchev–Trinajstić information content (AvgIpc) is 3.41. The number of piperidine rings is 1. The Hall–Kier alpha value is -0.800. The Bertz CT molecular complexity index is 601. The lowest BCUT2D eigenvalue weighted by Gasteiger charge is -2.34. The van der Waals surface area contributed by atoms with Gasteiger partial charge in [0.2, 0.25) is 0 Å². The van der Waals surface area contributed by atoms with Crippen LogP contribution in [0, 0.1) is 11.8 Å². The van der Waals surface area contributed by atoms with Crippen LogP contribution in [0.15, 0.2) is 27.8 Å². The van der Waals surface area contributed by atoms with Gasteiger partial charge in [-0.25, -0.2) is 0 Å². The predicted molar refractivity (Wildman–Crippen MR) is 136 cm³/mol. The molecule has 2 unspecified atom stereocenters. The molecular formula is C23H42IN5O. The molecule has 2 N–H and O–H groups in total. The van der Waals surface area contributed by atoms with E-state index in [0.29, 0.717) is 5.92 Å². The van der Waals surface area contributed by atoms with Gasteiger partial charge in [0.25, 0.3) is 0 Å². The fourth-order valence-corrected chi connectivity index (χ4v) is 4.68. The van der Waals surface area contributed by atoms with Gasteiger partial charge < -0.3 is 20.0 Å². The normalized spacial score (nSPS) is 22.1. The zero-order chi connectivity index (χ0) is 20.5. The van der Waals surface area contributed by atoms with Crippen molar-refractivity contribution in [3.8, 4) is 0 Å². The summed E-state index contributed by atoms with van der Waals surface area (Å²) < 4.78 is 5.74. The number of rotatable bonds is 9. The van der Waals surface area contributed by atoms with Gasteiger partial charge in [-0.15, -0.1) is 24.0 Å². The number of guanidine groups is 1. The lowest BCUT2D eigenvalue weighted by Crippen LogP contribution is -2.45. The first-order valence-corrected chi connectivity index (χ1v) is 11.7. The second kappa shape index (κ2) is 13.6. The lowest BCUT2D eigenvalue weighted by atomic mass is 9.97. The number of halogens is 1. The molecule has 3 rings (SSSR count). The van der Waals surface area contributed by atoms with Gasteiger partial charge in [0.15, 0.2) is 5.96 Å². The fourth-order valence-electron chi connectivity index (χ4n) is 4.68. The van der Waals surface area contributed by atoms with Crippen molar-refractivity contribution >= 4 is 29.9 Å². The van der Waals surface area contributed by atoms with Gasteiger partial charge in [0.05, 0.1) is 18.8 Å². The third kappa shape index (κ3) is 8.04. The predicted octanol–water partition coefficient (Wildman–Crippen LogP) is 3.96. The molecule has 0 bridgehead atoms. The van der Waals surface area contributed by atoms with Gasteiger partial charge in [-0.1, -0.05) is 13.8 Å².